The molecule has 1 atom stereocenters. The Labute approximate surface area is 89.8 Å². The number of hydrogen-bond acceptors (Lipinski definition) is 2. The third-order valence-electron chi connectivity index (χ3n) is 2.42. The number of nitrogens with zero attached hydrogens (tertiary/aromatic N) is 1. The molecule has 0 saturated carbocycles. The number of aromatic nitrogens is 1. The predicted molar refractivity (Wildman–Crippen MR) is 62.3 cm³/mol. The highest BCUT2D eigenvalue weighted by molar-refractivity contribution is 5.66. The van der Waals surface area contributed by atoms with Gasteiger partial charge >= 0.3 is 0 Å². The van der Waals surface area contributed by atoms with Gasteiger partial charge in [-0.3, -0.25) is 4.98 Å². The minimum atomic E-state index is 0.0430. The van der Waals surface area contributed by atoms with Crippen molar-refractivity contribution in [1.29, 1.82) is 0 Å². The van der Waals surface area contributed by atoms with Gasteiger partial charge in [-0.15, -0.1) is 0 Å². The summed E-state index contributed by atoms with van der Waals surface area (Å²) in [4.78, 5) is 4.12. The monoisotopic (exact) mass is 198 g/mol. The molecule has 1 aromatic carbocycles. The van der Waals surface area contributed by atoms with E-state index in [1.54, 1.807) is 6.20 Å². The van der Waals surface area contributed by atoms with E-state index in [2.05, 4.69) is 17.1 Å². The van der Waals surface area contributed by atoms with Crippen molar-refractivity contribution in [3.63, 3.8) is 0 Å². The average Bonchev–Trinajstić information content (AvgIpc) is 2.30. The molecule has 15 heavy (non-hydrogen) atoms. The fraction of sp³-hybridized carbons (Fsp3) is 0.154. The van der Waals surface area contributed by atoms with Crippen molar-refractivity contribution in [2.45, 2.75) is 13.0 Å². The summed E-state index contributed by atoms with van der Waals surface area (Å²) in [5.74, 6) is 0. The van der Waals surface area contributed by atoms with E-state index in [0.717, 1.165) is 11.1 Å². The SMILES string of the molecule is C[C@@H](N)c1ccccc1-c1cccnc1. The molecule has 0 aliphatic carbocycles. The minimum absolute atomic E-state index is 0.0430. The van der Waals surface area contributed by atoms with E-state index in [-0.39, 0.29) is 6.04 Å². The lowest BCUT2D eigenvalue weighted by molar-refractivity contribution is 0.820. The quantitative estimate of drug-likeness (QED) is 0.805. The molecule has 0 radical (unpaired) electrons. The Morgan fingerprint density at radius 1 is 1.13 bits per heavy atom. The Balaban J connectivity index is 2.53. The highest BCUT2D eigenvalue weighted by atomic mass is 14.6. The summed E-state index contributed by atoms with van der Waals surface area (Å²) in [6.07, 6.45) is 3.64. The van der Waals surface area contributed by atoms with Crippen LogP contribution in [0.15, 0.2) is 48.8 Å². The summed E-state index contributed by atoms with van der Waals surface area (Å²) < 4.78 is 0. The lowest BCUT2D eigenvalue weighted by Crippen LogP contribution is -2.06. The zero-order valence-electron chi connectivity index (χ0n) is 8.72. The Morgan fingerprint density at radius 3 is 2.60 bits per heavy atom. The van der Waals surface area contributed by atoms with Crippen LogP contribution in [-0.4, -0.2) is 4.98 Å². The summed E-state index contributed by atoms with van der Waals surface area (Å²) in [6, 6.07) is 12.2. The van der Waals surface area contributed by atoms with Crippen LogP contribution in [-0.2, 0) is 0 Å². The van der Waals surface area contributed by atoms with E-state index in [1.165, 1.54) is 5.56 Å². The first-order chi connectivity index (χ1) is 7.29. The van der Waals surface area contributed by atoms with Crippen LogP contribution in [0.25, 0.3) is 11.1 Å². The average molecular weight is 198 g/mol. The molecule has 0 saturated heterocycles. The van der Waals surface area contributed by atoms with E-state index in [9.17, 15) is 0 Å². The molecule has 2 aromatic rings. The van der Waals surface area contributed by atoms with E-state index in [4.69, 9.17) is 5.73 Å². The highest BCUT2D eigenvalue weighted by Gasteiger charge is 2.07. The number of nitrogens with two attached hydrogens (primary N) is 1. The summed E-state index contributed by atoms with van der Waals surface area (Å²) in [7, 11) is 0. The molecule has 2 rings (SSSR count). The molecule has 2 nitrogen and oxygen atoms in total. The minimum Gasteiger partial charge on any atom is -0.324 e. The second-order valence-corrected chi connectivity index (χ2v) is 3.62. The maximum Gasteiger partial charge on any atom is 0.0346 e. The smallest absolute Gasteiger partial charge is 0.0346 e. The van der Waals surface area contributed by atoms with Crippen LogP contribution in [0.1, 0.15) is 18.5 Å². The number of hydrogen-bond donors (Lipinski definition) is 1. The van der Waals surface area contributed by atoms with E-state index < -0.39 is 0 Å². The van der Waals surface area contributed by atoms with Gasteiger partial charge in [0, 0.05) is 24.0 Å². The van der Waals surface area contributed by atoms with E-state index in [1.807, 2.05) is 37.4 Å². The normalized spacial score (nSPS) is 12.4. The number of rotatable bonds is 2. The summed E-state index contributed by atoms with van der Waals surface area (Å²) in [6.45, 7) is 2.00. The van der Waals surface area contributed by atoms with Gasteiger partial charge in [-0.05, 0) is 24.1 Å². The van der Waals surface area contributed by atoms with Gasteiger partial charge in [-0.2, -0.15) is 0 Å². The molecule has 0 spiro atoms. The zero-order chi connectivity index (χ0) is 10.7. The van der Waals surface area contributed by atoms with Crippen LogP contribution in [0, 0.1) is 0 Å². The van der Waals surface area contributed by atoms with Gasteiger partial charge in [-0.1, -0.05) is 30.3 Å². The molecule has 1 heterocycles. The largest absolute Gasteiger partial charge is 0.324 e. The summed E-state index contributed by atoms with van der Waals surface area (Å²) in [5, 5.41) is 0. The van der Waals surface area contributed by atoms with Crippen molar-refractivity contribution in [2.75, 3.05) is 0 Å². The molecular formula is C13H14N2. The maximum absolute atomic E-state index is 5.93. The Hall–Kier alpha value is -1.67. The maximum atomic E-state index is 5.93. The topological polar surface area (TPSA) is 38.9 Å². The third-order valence-corrected chi connectivity index (χ3v) is 2.42. The zero-order valence-corrected chi connectivity index (χ0v) is 8.72. The Bertz CT molecular complexity index is 435. The van der Waals surface area contributed by atoms with Crippen LogP contribution in [0.5, 0.6) is 0 Å². The molecule has 0 aliphatic heterocycles. The first-order valence-electron chi connectivity index (χ1n) is 5.04. The van der Waals surface area contributed by atoms with Gasteiger partial charge < -0.3 is 5.73 Å². The van der Waals surface area contributed by atoms with Gasteiger partial charge in [-0.25, -0.2) is 0 Å². The van der Waals surface area contributed by atoms with Crippen molar-refractivity contribution in [1.82, 2.24) is 4.98 Å². The molecule has 0 aliphatic rings. The first kappa shape index (κ1) is 9.87. The molecular weight excluding hydrogens is 184 g/mol. The van der Waals surface area contributed by atoms with Gasteiger partial charge in [0.05, 0.1) is 0 Å². The first-order valence-corrected chi connectivity index (χ1v) is 5.04. The lowest BCUT2D eigenvalue weighted by Gasteiger charge is -2.12. The Morgan fingerprint density at radius 2 is 1.93 bits per heavy atom. The van der Waals surface area contributed by atoms with Crippen molar-refractivity contribution in [2.24, 2.45) is 5.73 Å². The van der Waals surface area contributed by atoms with Gasteiger partial charge in [0.2, 0.25) is 0 Å². The standard InChI is InChI=1S/C13H14N2/c1-10(14)12-6-2-3-7-13(12)11-5-4-8-15-9-11/h2-10H,14H2,1H3/t10-/m1/s1. The van der Waals surface area contributed by atoms with Crippen molar-refractivity contribution < 1.29 is 0 Å². The van der Waals surface area contributed by atoms with Crippen molar-refractivity contribution >= 4 is 0 Å². The van der Waals surface area contributed by atoms with Gasteiger partial charge in [0.25, 0.3) is 0 Å². The van der Waals surface area contributed by atoms with Crippen LogP contribution < -0.4 is 5.73 Å². The second-order valence-electron chi connectivity index (χ2n) is 3.62. The number of pyridine rings is 1. The third kappa shape index (κ3) is 2.05. The van der Waals surface area contributed by atoms with E-state index >= 15 is 0 Å². The summed E-state index contributed by atoms with van der Waals surface area (Å²) in [5.41, 5.74) is 9.37. The van der Waals surface area contributed by atoms with Crippen LogP contribution in [0.4, 0.5) is 0 Å². The van der Waals surface area contributed by atoms with E-state index in [0.29, 0.717) is 0 Å². The fourth-order valence-corrected chi connectivity index (χ4v) is 1.68. The van der Waals surface area contributed by atoms with Crippen LogP contribution >= 0.6 is 0 Å². The van der Waals surface area contributed by atoms with Crippen LogP contribution in [0.2, 0.25) is 0 Å². The van der Waals surface area contributed by atoms with Gasteiger partial charge in [0.15, 0.2) is 0 Å². The molecule has 76 valence electrons. The van der Waals surface area contributed by atoms with Gasteiger partial charge in [0.1, 0.15) is 0 Å². The molecule has 2 N–H and O–H groups in total. The van der Waals surface area contributed by atoms with Crippen molar-refractivity contribution in [3.8, 4) is 11.1 Å². The van der Waals surface area contributed by atoms with Crippen molar-refractivity contribution in [3.05, 3.63) is 54.4 Å². The lowest BCUT2D eigenvalue weighted by atomic mass is 9.97. The summed E-state index contributed by atoms with van der Waals surface area (Å²) >= 11 is 0. The predicted octanol–water partition coefficient (Wildman–Crippen LogP) is 2.77. The molecule has 1 aromatic heterocycles. The molecule has 0 bridgehead atoms. The molecule has 0 amide bonds. The Kier molecular flexibility index (Phi) is 2.79. The second kappa shape index (κ2) is 4.24. The molecule has 0 unspecified atom stereocenters. The fourth-order valence-electron chi connectivity index (χ4n) is 1.68. The molecule has 2 heteroatoms. The highest BCUT2D eigenvalue weighted by Crippen LogP contribution is 2.26. The molecule has 0 fully saturated rings. The number of benzene rings is 1. The van der Waals surface area contributed by atoms with Crippen LogP contribution in [0.3, 0.4) is 0 Å².